The van der Waals surface area contributed by atoms with Crippen molar-refractivity contribution >= 4 is 17.4 Å². The predicted molar refractivity (Wildman–Crippen MR) is 103 cm³/mol. The van der Waals surface area contributed by atoms with Gasteiger partial charge in [-0.1, -0.05) is 6.92 Å². The molecule has 2 heterocycles. The lowest BCUT2D eigenvalue weighted by atomic mass is 10.2. The number of anilines is 2. The van der Waals surface area contributed by atoms with Gasteiger partial charge in [0.1, 0.15) is 11.5 Å². The van der Waals surface area contributed by atoms with Crippen LogP contribution >= 0.6 is 0 Å². The molecule has 144 valence electrons. The molecule has 1 amide bonds. The average molecular weight is 371 g/mol. The number of hydrogen-bond donors (Lipinski definition) is 1. The highest BCUT2D eigenvalue weighted by atomic mass is 16.5. The first-order valence-electron chi connectivity index (χ1n) is 8.99. The van der Waals surface area contributed by atoms with Gasteiger partial charge < -0.3 is 24.6 Å². The molecule has 1 aliphatic rings. The molecule has 27 heavy (non-hydrogen) atoms. The molecule has 1 saturated heterocycles. The number of amides is 1. The van der Waals surface area contributed by atoms with Crippen LogP contribution in [0.2, 0.25) is 0 Å². The Labute approximate surface area is 159 Å². The number of nitrogens with zero attached hydrogens (tertiary/aromatic N) is 4. The van der Waals surface area contributed by atoms with Gasteiger partial charge in [-0.2, -0.15) is 0 Å². The number of piperazine rings is 1. The molecule has 1 N–H and O–H groups in total. The molecule has 3 rings (SSSR count). The van der Waals surface area contributed by atoms with Crippen LogP contribution in [0.25, 0.3) is 0 Å². The summed E-state index contributed by atoms with van der Waals surface area (Å²) in [5.74, 6) is 1.80. The Balaban J connectivity index is 1.68. The van der Waals surface area contributed by atoms with Crippen LogP contribution in [0.4, 0.5) is 11.5 Å². The molecule has 2 aromatic rings. The van der Waals surface area contributed by atoms with E-state index < -0.39 is 0 Å². The summed E-state index contributed by atoms with van der Waals surface area (Å²) in [4.78, 5) is 16.7. The number of ether oxygens (including phenoxy) is 2. The minimum atomic E-state index is -0.0798. The fourth-order valence-electron chi connectivity index (χ4n) is 2.99. The summed E-state index contributed by atoms with van der Waals surface area (Å²) in [7, 11) is 3.20. The zero-order chi connectivity index (χ0) is 19.2. The first-order valence-corrected chi connectivity index (χ1v) is 8.99. The second-order valence-electron chi connectivity index (χ2n) is 6.22. The summed E-state index contributed by atoms with van der Waals surface area (Å²) in [6, 6.07) is 8.86. The van der Waals surface area contributed by atoms with Crippen molar-refractivity contribution in [1.29, 1.82) is 0 Å². The van der Waals surface area contributed by atoms with Gasteiger partial charge in [0.05, 0.1) is 19.9 Å². The second kappa shape index (κ2) is 8.68. The number of benzene rings is 1. The van der Waals surface area contributed by atoms with Crippen molar-refractivity contribution in [2.75, 3.05) is 52.3 Å². The summed E-state index contributed by atoms with van der Waals surface area (Å²) in [6.45, 7) is 6.36. The number of rotatable bonds is 6. The monoisotopic (exact) mass is 371 g/mol. The highest BCUT2D eigenvalue weighted by molar-refractivity contribution is 5.92. The van der Waals surface area contributed by atoms with Gasteiger partial charge in [-0.15, -0.1) is 10.2 Å². The van der Waals surface area contributed by atoms with Crippen LogP contribution in [-0.4, -0.2) is 72.8 Å². The molecular formula is C19H25N5O3. The number of carbonyl (C=O) groups excluding carboxylic acids is 1. The Bertz CT molecular complexity index is 773. The second-order valence-corrected chi connectivity index (χ2v) is 6.22. The molecule has 0 radical (unpaired) electrons. The molecule has 0 aliphatic carbocycles. The van der Waals surface area contributed by atoms with Crippen molar-refractivity contribution in [2.24, 2.45) is 0 Å². The fraction of sp³-hybridized carbons (Fsp3) is 0.421. The molecule has 0 atom stereocenters. The van der Waals surface area contributed by atoms with Crippen LogP contribution in [0.15, 0.2) is 30.3 Å². The lowest BCUT2D eigenvalue weighted by Crippen LogP contribution is -2.48. The van der Waals surface area contributed by atoms with Crippen molar-refractivity contribution in [3.63, 3.8) is 0 Å². The highest BCUT2D eigenvalue weighted by Gasteiger charge is 2.22. The van der Waals surface area contributed by atoms with Crippen molar-refractivity contribution < 1.29 is 14.3 Å². The number of carbonyl (C=O) groups is 1. The lowest BCUT2D eigenvalue weighted by Gasteiger charge is -2.33. The maximum Gasteiger partial charge on any atom is 0.274 e. The van der Waals surface area contributed by atoms with Gasteiger partial charge in [0.15, 0.2) is 11.5 Å². The SMILES string of the molecule is CCN1CCN(C(=O)c2ccc(Nc3cc(OC)ccc3OC)nn2)CC1. The number of nitrogens with one attached hydrogen (secondary N) is 1. The van der Waals surface area contributed by atoms with E-state index in [2.05, 4.69) is 27.3 Å². The maximum atomic E-state index is 12.6. The van der Waals surface area contributed by atoms with Crippen LogP contribution < -0.4 is 14.8 Å². The molecule has 8 nitrogen and oxygen atoms in total. The van der Waals surface area contributed by atoms with Crippen LogP contribution in [0.5, 0.6) is 11.5 Å². The number of likely N-dealkylation sites (N-methyl/N-ethyl adjacent to an activating group) is 1. The van der Waals surface area contributed by atoms with Gasteiger partial charge in [0.25, 0.3) is 5.91 Å². The van der Waals surface area contributed by atoms with Gasteiger partial charge in [-0.3, -0.25) is 4.79 Å². The topological polar surface area (TPSA) is 79.8 Å². The summed E-state index contributed by atoms with van der Waals surface area (Å²) < 4.78 is 10.6. The Morgan fingerprint density at radius 3 is 2.44 bits per heavy atom. The lowest BCUT2D eigenvalue weighted by molar-refractivity contribution is 0.0636. The molecule has 1 aromatic heterocycles. The van der Waals surface area contributed by atoms with Crippen LogP contribution in [0, 0.1) is 0 Å². The number of methoxy groups -OCH3 is 2. The van der Waals surface area contributed by atoms with E-state index in [1.807, 2.05) is 23.1 Å². The zero-order valence-electron chi connectivity index (χ0n) is 15.9. The molecular weight excluding hydrogens is 346 g/mol. The first-order chi connectivity index (χ1) is 13.1. The average Bonchev–Trinajstić information content (AvgIpc) is 2.73. The van der Waals surface area contributed by atoms with Crippen molar-refractivity contribution in [1.82, 2.24) is 20.0 Å². The summed E-state index contributed by atoms with van der Waals surface area (Å²) in [5.41, 5.74) is 1.06. The number of hydrogen-bond acceptors (Lipinski definition) is 7. The molecule has 0 spiro atoms. The molecule has 1 fully saturated rings. The zero-order valence-corrected chi connectivity index (χ0v) is 15.9. The molecule has 1 aliphatic heterocycles. The summed E-state index contributed by atoms with van der Waals surface area (Å²) in [6.07, 6.45) is 0. The van der Waals surface area contributed by atoms with Gasteiger partial charge in [0, 0.05) is 32.2 Å². The van der Waals surface area contributed by atoms with E-state index in [-0.39, 0.29) is 5.91 Å². The van der Waals surface area contributed by atoms with E-state index in [0.29, 0.717) is 28.7 Å². The molecule has 8 heteroatoms. The first kappa shape index (κ1) is 18.9. The predicted octanol–water partition coefficient (Wildman–Crippen LogP) is 2.02. The van der Waals surface area contributed by atoms with E-state index in [9.17, 15) is 4.79 Å². The van der Waals surface area contributed by atoms with E-state index in [1.165, 1.54) is 0 Å². The normalized spacial score (nSPS) is 14.7. The molecule has 0 bridgehead atoms. The van der Waals surface area contributed by atoms with E-state index in [4.69, 9.17) is 9.47 Å². The van der Waals surface area contributed by atoms with Crippen LogP contribution in [0.3, 0.4) is 0 Å². The fourth-order valence-corrected chi connectivity index (χ4v) is 2.99. The Hall–Kier alpha value is -2.87. The largest absolute Gasteiger partial charge is 0.497 e. The Morgan fingerprint density at radius 2 is 1.85 bits per heavy atom. The van der Waals surface area contributed by atoms with Gasteiger partial charge in [-0.25, -0.2) is 0 Å². The van der Waals surface area contributed by atoms with Gasteiger partial charge in [0.2, 0.25) is 0 Å². The van der Waals surface area contributed by atoms with Crippen molar-refractivity contribution in [2.45, 2.75) is 6.92 Å². The third-order valence-electron chi connectivity index (χ3n) is 4.66. The minimum Gasteiger partial charge on any atom is -0.497 e. The van der Waals surface area contributed by atoms with Gasteiger partial charge in [-0.05, 0) is 30.8 Å². The summed E-state index contributed by atoms with van der Waals surface area (Å²) in [5, 5.41) is 11.4. The summed E-state index contributed by atoms with van der Waals surface area (Å²) >= 11 is 0. The third-order valence-corrected chi connectivity index (χ3v) is 4.66. The van der Waals surface area contributed by atoms with E-state index >= 15 is 0 Å². The molecule has 1 aromatic carbocycles. The van der Waals surface area contributed by atoms with Crippen molar-refractivity contribution in [3.8, 4) is 11.5 Å². The van der Waals surface area contributed by atoms with E-state index in [0.717, 1.165) is 32.7 Å². The minimum absolute atomic E-state index is 0.0798. The number of aromatic nitrogens is 2. The van der Waals surface area contributed by atoms with E-state index in [1.54, 1.807) is 26.4 Å². The Kier molecular flexibility index (Phi) is 6.08. The van der Waals surface area contributed by atoms with Crippen LogP contribution in [-0.2, 0) is 0 Å². The van der Waals surface area contributed by atoms with Crippen molar-refractivity contribution in [3.05, 3.63) is 36.0 Å². The third kappa shape index (κ3) is 4.46. The quantitative estimate of drug-likeness (QED) is 0.832. The molecule has 0 saturated carbocycles. The van der Waals surface area contributed by atoms with Crippen LogP contribution in [0.1, 0.15) is 17.4 Å². The molecule has 0 unspecified atom stereocenters. The Morgan fingerprint density at radius 1 is 1.07 bits per heavy atom. The smallest absolute Gasteiger partial charge is 0.274 e. The maximum absolute atomic E-state index is 12.6. The van der Waals surface area contributed by atoms with Gasteiger partial charge >= 0.3 is 0 Å². The highest BCUT2D eigenvalue weighted by Crippen LogP contribution is 2.30. The standard InChI is InChI=1S/C19H25N5O3/c1-4-23-9-11-24(12-10-23)19(25)15-6-8-18(22-21-15)20-16-13-14(26-2)5-7-17(16)27-3/h5-8,13H,4,9-12H2,1-3H3,(H,20,22).